The van der Waals surface area contributed by atoms with Crippen molar-refractivity contribution in [2.45, 2.75) is 19.4 Å². The zero-order chi connectivity index (χ0) is 13.2. The summed E-state index contributed by atoms with van der Waals surface area (Å²) in [5, 5.41) is 10.1. The molecule has 0 fully saturated rings. The molecule has 0 saturated carbocycles. The number of aliphatic hydroxyl groups is 1. The third kappa shape index (κ3) is 2.44. The van der Waals surface area contributed by atoms with E-state index in [1.165, 1.54) is 35.2 Å². The van der Waals surface area contributed by atoms with Crippen molar-refractivity contribution in [1.29, 1.82) is 0 Å². The van der Waals surface area contributed by atoms with Gasteiger partial charge in [-0.05, 0) is 13.8 Å². The molecule has 1 aromatic rings. The molecule has 1 aromatic carbocycles. The van der Waals surface area contributed by atoms with E-state index in [1.807, 2.05) is 0 Å². The maximum Gasteiger partial charge on any atom is 0.170 e. The third-order valence-corrected chi connectivity index (χ3v) is 2.39. The molecule has 1 rings (SSSR count). The van der Waals surface area contributed by atoms with E-state index in [0.29, 0.717) is 0 Å². The maximum absolute atomic E-state index is 13.8. The predicted molar refractivity (Wildman–Crippen MR) is 61.3 cm³/mol. The van der Waals surface area contributed by atoms with Crippen molar-refractivity contribution in [2.24, 2.45) is 0 Å². The molecule has 4 nitrogen and oxygen atoms in total. The Morgan fingerprint density at radius 2 is 1.59 bits per heavy atom. The largest absolute Gasteiger partial charge is 0.493 e. The summed E-state index contributed by atoms with van der Waals surface area (Å²) in [6, 6.07) is 1.16. The summed E-state index contributed by atoms with van der Waals surface area (Å²) in [7, 11) is 4.15. The smallest absolute Gasteiger partial charge is 0.170 e. The van der Waals surface area contributed by atoms with E-state index in [-0.39, 0.29) is 22.8 Å². The van der Waals surface area contributed by atoms with E-state index in [9.17, 15) is 9.50 Å². The first kappa shape index (κ1) is 13.6. The van der Waals surface area contributed by atoms with E-state index < -0.39 is 11.4 Å². The first-order valence-corrected chi connectivity index (χ1v) is 5.08. The van der Waals surface area contributed by atoms with Gasteiger partial charge in [0.15, 0.2) is 23.1 Å². The summed E-state index contributed by atoms with van der Waals surface area (Å²) in [4.78, 5) is 0. The summed E-state index contributed by atoms with van der Waals surface area (Å²) in [6.45, 7) is 3.04. The van der Waals surface area contributed by atoms with Crippen LogP contribution in [-0.4, -0.2) is 26.4 Å². The van der Waals surface area contributed by atoms with Crippen molar-refractivity contribution in [3.63, 3.8) is 0 Å². The minimum atomic E-state index is -1.31. The summed E-state index contributed by atoms with van der Waals surface area (Å²) >= 11 is 0. The molecule has 0 heterocycles. The molecule has 0 aliphatic heterocycles. The Hall–Kier alpha value is -1.49. The average molecular weight is 244 g/mol. The lowest BCUT2D eigenvalue weighted by atomic mass is 9.95. The van der Waals surface area contributed by atoms with Gasteiger partial charge in [-0.2, -0.15) is 0 Å². The quantitative estimate of drug-likeness (QED) is 0.881. The highest BCUT2D eigenvalue weighted by molar-refractivity contribution is 5.57. The lowest BCUT2D eigenvalue weighted by molar-refractivity contribution is 0.0712. The van der Waals surface area contributed by atoms with Gasteiger partial charge in [0.05, 0.1) is 32.5 Å². The van der Waals surface area contributed by atoms with E-state index in [2.05, 4.69) is 0 Å². The van der Waals surface area contributed by atoms with Gasteiger partial charge >= 0.3 is 0 Å². The number of halogens is 1. The lowest BCUT2D eigenvalue weighted by Crippen LogP contribution is -2.19. The fourth-order valence-corrected chi connectivity index (χ4v) is 1.70. The molecule has 96 valence electrons. The van der Waals surface area contributed by atoms with Crippen molar-refractivity contribution in [1.82, 2.24) is 0 Å². The van der Waals surface area contributed by atoms with E-state index in [4.69, 9.17) is 14.2 Å². The fraction of sp³-hybridized carbons (Fsp3) is 0.500. The normalized spacial score (nSPS) is 11.2. The van der Waals surface area contributed by atoms with Gasteiger partial charge in [0.2, 0.25) is 0 Å². The Morgan fingerprint density at radius 3 is 1.94 bits per heavy atom. The van der Waals surface area contributed by atoms with Crippen LogP contribution in [0.15, 0.2) is 6.07 Å². The molecule has 17 heavy (non-hydrogen) atoms. The number of hydrogen-bond donors (Lipinski definition) is 1. The molecule has 0 aliphatic carbocycles. The minimum absolute atomic E-state index is 0.0462. The minimum Gasteiger partial charge on any atom is -0.493 e. The lowest BCUT2D eigenvalue weighted by Gasteiger charge is -2.25. The molecule has 0 saturated heterocycles. The number of hydrogen-bond acceptors (Lipinski definition) is 4. The van der Waals surface area contributed by atoms with Crippen molar-refractivity contribution < 1.29 is 23.7 Å². The topological polar surface area (TPSA) is 47.9 Å². The van der Waals surface area contributed by atoms with Crippen molar-refractivity contribution in [3.8, 4) is 17.2 Å². The average Bonchev–Trinajstić information content (AvgIpc) is 2.26. The van der Waals surface area contributed by atoms with Crippen molar-refractivity contribution in [3.05, 3.63) is 17.4 Å². The Balaban J connectivity index is 3.65. The Morgan fingerprint density at radius 1 is 1.06 bits per heavy atom. The predicted octanol–water partition coefficient (Wildman–Crippen LogP) is 2.08. The van der Waals surface area contributed by atoms with E-state index in [1.54, 1.807) is 0 Å². The van der Waals surface area contributed by atoms with E-state index in [0.717, 1.165) is 6.07 Å². The molecule has 0 radical (unpaired) electrons. The molecule has 1 N–H and O–H groups in total. The van der Waals surface area contributed by atoms with Crippen molar-refractivity contribution in [2.75, 3.05) is 21.3 Å². The van der Waals surface area contributed by atoms with Crippen LogP contribution in [0.2, 0.25) is 0 Å². The van der Waals surface area contributed by atoms with Gasteiger partial charge in [-0.1, -0.05) is 0 Å². The van der Waals surface area contributed by atoms with Gasteiger partial charge in [-0.3, -0.25) is 0 Å². The number of rotatable bonds is 4. The second-order valence-corrected chi connectivity index (χ2v) is 4.06. The molecule has 0 aromatic heterocycles. The zero-order valence-corrected chi connectivity index (χ0v) is 10.6. The van der Waals surface area contributed by atoms with Crippen LogP contribution >= 0.6 is 0 Å². The zero-order valence-electron chi connectivity index (χ0n) is 10.6. The first-order valence-electron chi connectivity index (χ1n) is 5.08. The highest BCUT2D eigenvalue weighted by Gasteiger charge is 2.31. The molecular weight excluding hydrogens is 227 g/mol. The Bertz CT molecular complexity index is 410. The summed E-state index contributed by atoms with van der Waals surface area (Å²) in [5.41, 5.74) is -1.09. The first-order chi connectivity index (χ1) is 7.86. The van der Waals surface area contributed by atoms with Gasteiger partial charge in [0, 0.05) is 6.07 Å². The van der Waals surface area contributed by atoms with E-state index >= 15 is 0 Å². The third-order valence-electron chi connectivity index (χ3n) is 2.39. The highest BCUT2D eigenvalue weighted by atomic mass is 19.1. The summed E-state index contributed by atoms with van der Waals surface area (Å²) in [5.74, 6) is -0.182. The van der Waals surface area contributed by atoms with Gasteiger partial charge < -0.3 is 19.3 Å². The van der Waals surface area contributed by atoms with Crippen LogP contribution in [0.4, 0.5) is 4.39 Å². The van der Waals surface area contributed by atoms with Crippen LogP contribution in [0.3, 0.4) is 0 Å². The maximum atomic E-state index is 13.8. The second-order valence-electron chi connectivity index (χ2n) is 4.06. The SMILES string of the molecule is COc1cc(F)c(OC)c(C(C)(C)O)c1OC. The van der Waals surface area contributed by atoms with Crippen LogP contribution in [0, 0.1) is 5.82 Å². The molecule has 0 atom stereocenters. The molecule has 0 aliphatic rings. The Labute approximate surface area is 99.9 Å². The van der Waals surface area contributed by atoms with Gasteiger partial charge in [-0.15, -0.1) is 0 Å². The van der Waals surface area contributed by atoms with Crippen LogP contribution in [0.1, 0.15) is 19.4 Å². The second kappa shape index (κ2) is 4.79. The highest BCUT2D eigenvalue weighted by Crippen LogP contribution is 2.44. The summed E-state index contributed by atoms with van der Waals surface area (Å²) in [6.07, 6.45) is 0. The number of ether oxygens (including phenoxy) is 3. The van der Waals surface area contributed by atoms with Crippen LogP contribution in [0.25, 0.3) is 0 Å². The van der Waals surface area contributed by atoms with Gasteiger partial charge in [0.25, 0.3) is 0 Å². The standard InChI is InChI=1S/C12H17FO4/c1-12(2,14)9-10(16-4)7(13)6-8(15-3)11(9)17-5/h6,14H,1-5H3. The molecule has 5 heteroatoms. The van der Waals surface area contributed by atoms with Gasteiger partial charge in [-0.25, -0.2) is 4.39 Å². The van der Waals surface area contributed by atoms with Crippen LogP contribution in [-0.2, 0) is 5.60 Å². The monoisotopic (exact) mass is 244 g/mol. The Kier molecular flexibility index (Phi) is 3.83. The molecule has 0 spiro atoms. The van der Waals surface area contributed by atoms with Gasteiger partial charge in [0.1, 0.15) is 0 Å². The summed E-state index contributed by atoms with van der Waals surface area (Å²) < 4.78 is 28.9. The van der Waals surface area contributed by atoms with Crippen LogP contribution in [0.5, 0.6) is 17.2 Å². The molecular formula is C12H17FO4. The van der Waals surface area contributed by atoms with Crippen molar-refractivity contribution >= 4 is 0 Å². The molecule has 0 amide bonds. The number of methoxy groups -OCH3 is 3. The fourth-order valence-electron chi connectivity index (χ4n) is 1.70. The number of benzene rings is 1. The van der Waals surface area contributed by atoms with Crippen LogP contribution < -0.4 is 14.2 Å². The molecule has 0 unspecified atom stereocenters. The molecule has 0 bridgehead atoms.